The number of rotatable bonds is 5. The summed E-state index contributed by atoms with van der Waals surface area (Å²) in [6.45, 7) is 3.89. The maximum Gasteiger partial charge on any atom is 0.185 e. The van der Waals surface area contributed by atoms with Gasteiger partial charge in [0.2, 0.25) is 0 Å². The van der Waals surface area contributed by atoms with Crippen LogP contribution in [0, 0.1) is 11.3 Å². The molecule has 0 unspecified atom stereocenters. The summed E-state index contributed by atoms with van der Waals surface area (Å²) in [5.74, 6) is -1.16. The molecule has 0 bridgehead atoms. The van der Waals surface area contributed by atoms with E-state index in [1.54, 1.807) is 19.1 Å². The number of fused-ring (bicyclic) bond motifs is 1. The molecule has 2 rings (SSSR count). The van der Waals surface area contributed by atoms with Crippen LogP contribution in [0.5, 0.6) is 0 Å². The van der Waals surface area contributed by atoms with Gasteiger partial charge in [-0.1, -0.05) is 11.6 Å². The molecule has 0 saturated carbocycles. The van der Waals surface area contributed by atoms with Gasteiger partial charge in [0.1, 0.15) is 11.1 Å². The number of carbonyl (C=O) groups is 1. The van der Waals surface area contributed by atoms with Crippen LogP contribution in [0.4, 0.5) is 0 Å². The normalized spacial score (nSPS) is 13.9. The average molecular weight is 309 g/mol. The van der Waals surface area contributed by atoms with E-state index in [2.05, 4.69) is 4.98 Å². The van der Waals surface area contributed by atoms with Gasteiger partial charge in [0.15, 0.2) is 11.7 Å². The van der Waals surface area contributed by atoms with Crippen molar-refractivity contribution in [3.63, 3.8) is 0 Å². The average Bonchev–Trinajstić information content (AvgIpc) is 2.82. The Balaban J connectivity index is 2.35. The summed E-state index contributed by atoms with van der Waals surface area (Å²) in [5.41, 5.74) is 0.703. The van der Waals surface area contributed by atoms with E-state index < -0.39 is 12.0 Å². The van der Waals surface area contributed by atoms with Crippen LogP contribution >= 0.6 is 22.9 Å². The summed E-state index contributed by atoms with van der Waals surface area (Å²) in [7, 11) is 0. The highest BCUT2D eigenvalue weighted by Crippen LogP contribution is 2.30. The van der Waals surface area contributed by atoms with Gasteiger partial charge >= 0.3 is 0 Å². The highest BCUT2D eigenvalue weighted by Gasteiger charge is 2.28. The Morgan fingerprint density at radius 3 is 3.00 bits per heavy atom. The second-order valence-electron chi connectivity index (χ2n) is 4.23. The SMILES string of the molecule is CCO[C@@H](C)C(=O)[C@@H](C#N)c1nc2cc(Cl)ccc2s1. The van der Waals surface area contributed by atoms with Gasteiger partial charge in [0.05, 0.1) is 16.3 Å². The molecule has 6 heteroatoms. The molecule has 1 aromatic carbocycles. The number of ketones is 1. The number of ether oxygens (including phenoxy) is 1. The standard InChI is InChI=1S/C14H13ClN2O2S/c1-3-19-8(2)13(18)10(7-16)14-17-11-6-9(15)4-5-12(11)20-14/h4-6,8,10H,3H2,1-2H3/t8-,10+/m0/s1. The van der Waals surface area contributed by atoms with Crippen molar-refractivity contribution >= 4 is 38.9 Å². The van der Waals surface area contributed by atoms with Crippen molar-refractivity contribution in [2.75, 3.05) is 6.61 Å². The van der Waals surface area contributed by atoms with Crippen LogP contribution in [0.2, 0.25) is 5.02 Å². The molecule has 2 aromatic rings. The number of benzene rings is 1. The molecular weight excluding hydrogens is 296 g/mol. The lowest BCUT2D eigenvalue weighted by molar-refractivity contribution is -0.129. The molecule has 0 aliphatic carbocycles. The second-order valence-corrected chi connectivity index (χ2v) is 5.72. The lowest BCUT2D eigenvalue weighted by Crippen LogP contribution is -2.26. The number of nitrogens with zero attached hydrogens (tertiary/aromatic N) is 2. The number of hydrogen-bond acceptors (Lipinski definition) is 5. The first-order valence-corrected chi connectivity index (χ1v) is 7.37. The van der Waals surface area contributed by atoms with Gasteiger partial charge in [-0.15, -0.1) is 11.3 Å². The summed E-state index contributed by atoms with van der Waals surface area (Å²) in [4.78, 5) is 16.5. The van der Waals surface area contributed by atoms with Gasteiger partial charge < -0.3 is 4.74 Å². The van der Waals surface area contributed by atoms with Crippen LogP contribution in [-0.2, 0) is 9.53 Å². The Morgan fingerprint density at radius 2 is 2.35 bits per heavy atom. The highest BCUT2D eigenvalue weighted by atomic mass is 35.5. The van der Waals surface area contributed by atoms with Crippen molar-refractivity contribution in [1.29, 1.82) is 5.26 Å². The van der Waals surface area contributed by atoms with Gasteiger partial charge in [-0.2, -0.15) is 5.26 Å². The van der Waals surface area contributed by atoms with E-state index in [1.165, 1.54) is 11.3 Å². The lowest BCUT2D eigenvalue weighted by Gasteiger charge is -2.12. The van der Waals surface area contributed by atoms with E-state index in [4.69, 9.17) is 16.3 Å². The minimum atomic E-state index is -0.896. The number of thiazole rings is 1. The van der Waals surface area contributed by atoms with Crippen LogP contribution in [0.15, 0.2) is 18.2 Å². The summed E-state index contributed by atoms with van der Waals surface area (Å²) in [6, 6.07) is 7.34. The zero-order valence-electron chi connectivity index (χ0n) is 11.1. The monoisotopic (exact) mass is 308 g/mol. The van der Waals surface area contributed by atoms with Crippen molar-refractivity contribution in [2.24, 2.45) is 0 Å². The van der Waals surface area contributed by atoms with Crippen LogP contribution < -0.4 is 0 Å². The first-order chi connectivity index (χ1) is 9.56. The summed E-state index contributed by atoms with van der Waals surface area (Å²) < 4.78 is 6.16. The molecule has 0 amide bonds. The zero-order chi connectivity index (χ0) is 14.7. The summed E-state index contributed by atoms with van der Waals surface area (Å²) in [6.07, 6.45) is -0.611. The minimum absolute atomic E-state index is 0.264. The van der Waals surface area contributed by atoms with Crippen molar-refractivity contribution in [1.82, 2.24) is 4.98 Å². The first-order valence-electron chi connectivity index (χ1n) is 6.17. The summed E-state index contributed by atoms with van der Waals surface area (Å²) in [5, 5.41) is 10.3. The molecule has 0 aliphatic heterocycles. The van der Waals surface area contributed by atoms with Gasteiger partial charge in [-0.3, -0.25) is 4.79 Å². The van der Waals surface area contributed by atoms with Crippen molar-refractivity contribution in [3.05, 3.63) is 28.2 Å². The number of Topliss-reactive ketones (excluding diaryl/α,β-unsaturated/α-hetero) is 1. The Labute approximate surface area is 125 Å². The van der Waals surface area contributed by atoms with Crippen molar-refractivity contribution in [2.45, 2.75) is 25.9 Å². The van der Waals surface area contributed by atoms with Crippen molar-refractivity contribution in [3.8, 4) is 6.07 Å². The second kappa shape index (κ2) is 6.31. The maximum atomic E-state index is 12.2. The molecule has 104 valence electrons. The fraction of sp³-hybridized carbons (Fsp3) is 0.357. The molecule has 20 heavy (non-hydrogen) atoms. The van der Waals surface area contributed by atoms with Crippen LogP contribution in [-0.4, -0.2) is 23.5 Å². The van der Waals surface area contributed by atoms with E-state index in [9.17, 15) is 10.1 Å². The highest BCUT2D eigenvalue weighted by molar-refractivity contribution is 7.18. The molecule has 1 aromatic heterocycles. The minimum Gasteiger partial charge on any atom is -0.371 e. The molecule has 0 fully saturated rings. The topological polar surface area (TPSA) is 63.0 Å². The molecule has 0 aliphatic rings. The fourth-order valence-electron chi connectivity index (χ4n) is 1.85. The van der Waals surface area contributed by atoms with Gasteiger partial charge in [0, 0.05) is 11.6 Å². The Morgan fingerprint density at radius 1 is 1.60 bits per heavy atom. The number of carbonyl (C=O) groups excluding carboxylic acids is 1. The zero-order valence-corrected chi connectivity index (χ0v) is 12.7. The lowest BCUT2D eigenvalue weighted by atomic mass is 10.0. The Bertz CT molecular complexity index is 677. The number of hydrogen-bond donors (Lipinski definition) is 0. The fourth-order valence-corrected chi connectivity index (χ4v) is 3.02. The van der Waals surface area contributed by atoms with Crippen LogP contribution in [0.3, 0.4) is 0 Å². The predicted molar refractivity (Wildman–Crippen MR) is 79.1 cm³/mol. The van der Waals surface area contributed by atoms with E-state index in [1.807, 2.05) is 19.1 Å². The van der Waals surface area contributed by atoms with Crippen LogP contribution in [0.1, 0.15) is 24.8 Å². The van der Waals surface area contributed by atoms with E-state index in [0.717, 1.165) is 4.70 Å². The molecule has 4 nitrogen and oxygen atoms in total. The molecule has 0 N–H and O–H groups in total. The number of aromatic nitrogens is 1. The third kappa shape index (κ3) is 2.98. The van der Waals surface area contributed by atoms with Crippen molar-refractivity contribution < 1.29 is 9.53 Å². The number of nitriles is 1. The molecule has 2 atom stereocenters. The van der Waals surface area contributed by atoms with Gasteiger partial charge in [-0.05, 0) is 32.0 Å². The Hall–Kier alpha value is -1.48. The predicted octanol–water partition coefficient (Wildman–Crippen LogP) is 3.55. The first kappa shape index (κ1) is 14.9. The Kier molecular flexibility index (Phi) is 4.71. The molecule has 0 spiro atoms. The van der Waals surface area contributed by atoms with Crippen LogP contribution in [0.25, 0.3) is 10.2 Å². The largest absolute Gasteiger partial charge is 0.371 e. The van der Waals surface area contributed by atoms with E-state index in [-0.39, 0.29) is 5.78 Å². The quantitative estimate of drug-likeness (QED) is 0.847. The molecular formula is C14H13ClN2O2S. The molecule has 1 heterocycles. The third-order valence-corrected chi connectivity index (χ3v) is 4.18. The van der Waals surface area contributed by atoms with E-state index >= 15 is 0 Å². The van der Waals surface area contributed by atoms with Gasteiger partial charge in [-0.25, -0.2) is 4.98 Å². The summed E-state index contributed by atoms with van der Waals surface area (Å²) >= 11 is 7.24. The third-order valence-electron chi connectivity index (χ3n) is 2.84. The van der Waals surface area contributed by atoms with E-state index in [0.29, 0.717) is 22.2 Å². The molecule has 0 saturated heterocycles. The van der Waals surface area contributed by atoms with Gasteiger partial charge in [0.25, 0.3) is 0 Å². The maximum absolute atomic E-state index is 12.2. The number of halogens is 1. The molecule has 0 radical (unpaired) electrons. The smallest absolute Gasteiger partial charge is 0.185 e.